The first kappa shape index (κ1) is 18.8. The zero-order valence-corrected chi connectivity index (χ0v) is 16.0. The number of unbranched alkanes of at least 4 members (excludes halogenated alkanes) is 3. The van der Waals surface area contributed by atoms with Crippen LogP contribution in [0.15, 0.2) is 11.9 Å². The normalized spacial score (nSPS) is 22.6. The Morgan fingerprint density at radius 2 is 1.57 bits per heavy atom. The zero-order valence-electron chi connectivity index (χ0n) is 15.0. The van der Waals surface area contributed by atoms with Gasteiger partial charge in [-0.25, -0.2) is 0 Å². The molecule has 1 heterocycles. The van der Waals surface area contributed by atoms with Crippen LogP contribution in [0.1, 0.15) is 79.6 Å². The lowest BCUT2D eigenvalue weighted by molar-refractivity contribution is 0.0924. The van der Waals surface area contributed by atoms with Crippen molar-refractivity contribution in [2.45, 2.75) is 85.0 Å². The molecule has 0 fully saturated rings. The van der Waals surface area contributed by atoms with Crippen LogP contribution in [0.2, 0.25) is 0 Å². The van der Waals surface area contributed by atoms with Gasteiger partial charge in [-0.1, -0.05) is 55.5 Å². The molecule has 0 radical (unpaired) electrons. The van der Waals surface area contributed by atoms with Gasteiger partial charge < -0.3 is 9.80 Å². The van der Waals surface area contributed by atoms with E-state index < -0.39 is 0 Å². The molecule has 0 N–H and O–H groups in total. The SMILES string of the molecule is CCCCN1C=C(C)N(CCCC)C1(CCCC)PCC. The fourth-order valence-corrected chi connectivity index (χ4v) is 5.15. The van der Waals surface area contributed by atoms with E-state index in [1.807, 2.05) is 0 Å². The van der Waals surface area contributed by atoms with E-state index in [0.717, 1.165) is 8.58 Å². The van der Waals surface area contributed by atoms with Crippen molar-refractivity contribution < 1.29 is 0 Å². The summed E-state index contributed by atoms with van der Waals surface area (Å²) in [4.78, 5) is 5.46. The number of allylic oxidation sites excluding steroid dienone is 1. The fraction of sp³-hybridized carbons (Fsp3) is 0.889. The van der Waals surface area contributed by atoms with E-state index in [4.69, 9.17) is 0 Å². The van der Waals surface area contributed by atoms with Crippen LogP contribution in [0.3, 0.4) is 0 Å². The zero-order chi connectivity index (χ0) is 15.7. The van der Waals surface area contributed by atoms with Gasteiger partial charge in [-0.05, 0) is 38.8 Å². The van der Waals surface area contributed by atoms with Gasteiger partial charge >= 0.3 is 0 Å². The van der Waals surface area contributed by atoms with Crippen LogP contribution in [0.25, 0.3) is 0 Å². The van der Waals surface area contributed by atoms with Gasteiger partial charge in [0.2, 0.25) is 0 Å². The summed E-state index contributed by atoms with van der Waals surface area (Å²) in [5.74, 6) is 0. The van der Waals surface area contributed by atoms with E-state index >= 15 is 0 Å². The maximum atomic E-state index is 2.75. The predicted molar refractivity (Wildman–Crippen MR) is 98.1 cm³/mol. The number of rotatable bonds is 11. The van der Waals surface area contributed by atoms with Crippen molar-refractivity contribution in [1.82, 2.24) is 9.80 Å². The van der Waals surface area contributed by atoms with Gasteiger partial charge in [0, 0.05) is 25.0 Å². The van der Waals surface area contributed by atoms with Crippen LogP contribution >= 0.6 is 8.58 Å². The molecule has 0 aliphatic carbocycles. The maximum Gasteiger partial charge on any atom is 0.128 e. The molecule has 0 spiro atoms. The van der Waals surface area contributed by atoms with E-state index in [-0.39, 0.29) is 0 Å². The third-order valence-corrected chi connectivity index (χ3v) is 6.24. The van der Waals surface area contributed by atoms with Gasteiger partial charge in [0.15, 0.2) is 0 Å². The van der Waals surface area contributed by atoms with Gasteiger partial charge in [-0.15, -0.1) is 0 Å². The van der Waals surface area contributed by atoms with Gasteiger partial charge in [0.1, 0.15) is 5.40 Å². The summed E-state index contributed by atoms with van der Waals surface area (Å²) < 4.78 is 0. The molecular formula is C18H37N2P. The second-order valence-corrected chi connectivity index (χ2v) is 8.13. The van der Waals surface area contributed by atoms with Crippen molar-refractivity contribution in [3.63, 3.8) is 0 Å². The minimum absolute atomic E-state index is 0.305. The molecule has 0 saturated heterocycles. The summed E-state index contributed by atoms with van der Waals surface area (Å²) >= 11 is 0. The molecule has 0 aromatic rings. The van der Waals surface area contributed by atoms with Crippen LogP contribution in [-0.2, 0) is 0 Å². The highest BCUT2D eigenvalue weighted by molar-refractivity contribution is 7.39. The molecule has 2 unspecified atom stereocenters. The molecule has 1 rings (SSSR count). The molecule has 3 heteroatoms. The van der Waals surface area contributed by atoms with Gasteiger partial charge in [0.25, 0.3) is 0 Å². The summed E-state index contributed by atoms with van der Waals surface area (Å²) in [5.41, 5.74) is 1.50. The molecule has 21 heavy (non-hydrogen) atoms. The van der Waals surface area contributed by atoms with E-state index in [1.54, 1.807) is 0 Å². The second-order valence-electron chi connectivity index (χ2n) is 6.27. The molecule has 0 saturated carbocycles. The molecule has 2 atom stereocenters. The lowest BCUT2D eigenvalue weighted by Gasteiger charge is -2.47. The molecule has 124 valence electrons. The average Bonchev–Trinajstić information content (AvgIpc) is 2.73. The smallest absolute Gasteiger partial charge is 0.128 e. The summed E-state index contributed by atoms with van der Waals surface area (Å²) in [6.45, 7) is 14.1. The van der Waals surface area contributed by atoms with Gasteiger partial charge in [-0.2, -0.15) is 0 Å². The summed E-state index contributed by atoms with van der Waals surface area (Å²) in [7, 11) is 1.02. The molecule has 0 aromatic heterocycles. The highest BCUT2D eigenvalue weighted by atomic mass is 31.1. The van der Waals surface area contributed by atoms with Crippen molar-refractivity contribution in [1.29, 1.82) is 0 Å². The standard InChI is InChI=1S/C18H37N2P/c1-6-10-13-18(21-9-4)19(14-11-7-2)16-17(5)20(18)15-12-8-3/h16,21H,6-15H2,1-5H3. The molecule has 1 aliphatic heterocycles. The Morgan fingerprint density at radius 3 is 2.14 bits per heavy atom. The minimum atomic E-state index is 0.305. The topological polar surface area (TPSA) is 6.48 Å². The Morgan fingerprint density at radius 1 is 0.952 bits per heavy atom. The van der Waals surface area contributed by atoms with E-state index in [0.29, 0.717) is 5.40 Å². The van der Waals surface area contributed by atoms with Crippen molar-refractivity contribution in [3.05, 3.63) is 11.9 Å². The van der Waals surface area contributed by atoms with Crippen LogP contribution in [0.4, 0.5) is 0 Å². The molecule has 0 amide bonds. The summed E-state index contributed by atoms with van der Waals surface area (Å²) in [6.07, 6.45) is 13.0. The monoisotopic (exact) mass is 312 g/mol. The lowest BCUT2D eigenvalue weighted by atomic mass is 10.1. The van der Waals surface area contributed by atoms with Crippen molar-refractivity contribution in [2.24, 2.45) is 0 Å². The Labute approximate surface area is 135 Å². The molecule has 2 nitrogen and oxygen atoms in total. The average molecular weight is 312 g/mol. The van der Waals surface area contributed by atoms with E-state index in [2.05, 4.69) is 50.6 Å². The third-order valence-electron chi connectivity index (χ3n) is 4.52. The Balaban J connectivity index is 2.97. The minimum Gasteiger partial charge on any atom is -0.350 e. The lowest BCUT2D eigenvalue weighted by Crippen LogP contribution is -2.51. The molecule has 1 aliphatic rings. The Hall–Kier alpha value is -0.230. The Bertz CT molecular complexity index is 316. The van der Waals surface area contributed by atoms with Crippen LogP contribution < -0.4 is 0 Å². The van der Waals surface area contributed by atoms with Gasteiger partial charge in [-0.3, -0.25) is 0 Å². The van der Waals surface area contributed by atoms with Crippen LogP contribution in [-0.4, -0.2) is 34.5 Å². The Kier molecular flexibility index (Phi) is 8.71. The number of hydrogen-bond donors (Lipinski definition) is 0. The predicted octanol–water partition coefficient (Wildman–Crippen LogP) is 5.61. The maximum absolute atomic E-state index is 2.75. The summed E-state index contributed by atoms with van der Waals surface area (Å²) in [5, 5.41) is 0.305. The molecule has 0 bridgehead atoms. The van der Waals surface area contributed by atoms with Crippen molar-refractivity contribution in [2.75, 3.05) is 19.3 Å². The van der Waals surface area contributed by atoms with Crippen molar-refractivity contribution in [3.8, 4) is 0 Å². The number of nitrogens with zero attached hydrogens (tertiary/aromatic N) is 2. The third kappa shape index (κ3) is 4.62. The highest BCUT2D eigenvalue weighted by Crippen LogP contribution is 2.48. The first-order valence-corrected chi connectivity index (χ1v) is 10.3. The largest absolute Gasteiger partial charge is 0.350 e. The van der Waals surface area contributed by atoms with Crippen LogP contribution in [0.5, 0.6) is 0 Å². The molecular weight excluding hydrogens is 275 g/mol. The van der Waals surface area contributed by atoms with Gasteiger partial charge in [0.05, 0.1) is 0 Å². The van der Waals surface area contributed by atoms with Crippen LogP contribution in [0, 0.1) is 0 Å². The van der Waals surface area contributed by atoms with Crippen molar-refractivity contribution >= 4 is 8.58 Å². The quantitative estimate of drug-likeness (QED) is 0.458. The van der Waals surface area contributed by atoms with E-state index in [9.17, 15) is 0 Å². The van der Waals surface area contributed by atoms with E-state index in [1.165, 1.54) is 69.9 Å². The number of hydrogen-bond acceptors (Lipinski definition) is 2. The fourth-order valence-electron chi connectivity index (χ4n) is 3.37. The summed E-state index contributed by atoms with van der Waals surface area (Å²) in [6, 6.07) is 0. The second kappa shape index (κ2) is 9.72. The molecule has 0 aromatic carbocycles. The highest BCUT2D eigenvalue weighted by Gasteiger charge is 2.43. The first-order valence-electron chi connectivity index (χ1n) is 9.14. The first-order chi connectivity index (χ1) is 10.2.